The number of hydrogen-bond acceptors (Lipinski definition) is 5. The first-order valence-electron chi connectivity index (χ1n) is 14.3. The minimum Gasteiger partial charge on any atom is -0.493 e. The number of ketones is 1. The van der Waals surface area contributed by atoms with Gasteiger partial charge in [-0.15, -0.1) is 0 Å². The molecule has 1 aliphatic rings. The maximum Gasteiger partial charge on any atom is 0.185 e. The van der Waals surface area contributed by atoms with Crippen molar-refractivity contribution >= 4 is 17.9 Å². The molecule has 212 valence electrons. The molecular formula is C34H46O5. The molecule has 1 aliphatic carbocycles. The van der Waals surface area contributed by atoms with Gasteiger partial charge in [-0.25, -0.2) is 0 Å². The number of benzene rings is 2. The molecule has 0 N–H and O–H groups in total. The summed E-state index contributed by atoms with van der Waals surface area (Å²) >= 11 is 0. The lowest BCUT2D eigenvalue weighted by atomic mass is 9.78. The number of allylic oxidation sites excluding steroid dienone is 2. The van der Waals surface area contributed by atoms with Gasteiger partial charge in [0.2, 0.25) is 0 Å². The maximum atomic E-state index is 13.6. The maximum absolute atomic E-state index is 13.6. The van der Waals surface area contributed by atoms with Crippen LogP contribution in [-0.2, 0) is 4.79 Å². The van der Waals surface area contributed by atoms with Crippen LogP contribution in [-0.4, -0.2) is 33.2 Å². The molecule has 5 nitrogen and oxygen atoms in total. The summed E-state index contributed by atoms with van der Waals surface area (Å²) in [5.74, 6) is 4.50. The number of carbonyl (C=O) groups excluding carboxylic acids is 1. The third-order valence-electron chi connectivity index (χ3n) is 7.14. The van der Waals surface area contributed by atoms with Crippen molar-refractivity contribution in [3.8, 4) is 23.0 Å². The lowest BCUT2D eigenvalue weighted by molar-refractivity contribution is -0.113. The zero-order valence-corrected chi connectivity index (χ0v) is 24.8. The molecule has 0 unspecified atom stereocenters. The summed E-state index contributed by atoms with van der Waals surface area (Å²) in [7, 11) is 3.30. The lowest BCUT2D eigenvalue weighted by Crippen LogP contribution is -2.19. The molecule has 0 aliphatic heterocycles. The van der Waals surface area contributed by atoms with Crippen LogP contribution in [0.2, 0.25) is 0 Å². The van der Waals surface area contributed by atoms with Crippen molar-refractivity contribution in [2.45, 2.75) is 66.7 Å². The molecule has 1 saturated carbocycles. The fourth-order valence-electron chi connectivity index (χ4n) is 4.62. The minimum absolute atomic E-state index is 0.104. The van der Waals surface area contributed by atoms with E-state index in [9.17, 15) is 4.79 Å². The quantitative estimate of drug-likeness (QED) is 0.242. The molecule has 0 amide bonds. The summed E-state index contributed by atoms with van der Waals surface area (Å²) < 4.78 is 23.1. The van der Waals surface area contributed by atoms with Gasteiger partial charge in [-0.1, -0.05) is 53.2 Å². The highest BCUT2D eigenvalue weighted by atomic mass is 16.5. The Morgan fingerprint density at radius 1 is 0.744 bits per heavy atom. The van der Waals surface area contributed by atoms with Crippen molar-refractivity contribution in [2.75, 3.05) is 27.4 Å². The van der Waals surface area contributed by atoms with E-state index in [0.717, 1.165) is 65.9 Å². The molecule has 2 aromatic rings. The lowest BCUT2D eigenvalue weighted by Gasteiger charge is -2.25. The summed E-state index contributed by atoms with van der Waals surface area (Å²) in [5, 5.41) is 0. The average Bonchev–Trinajstić information content (AvgIpc) is 2.91. The first-order chi connectivity index (χ1) is 18.7. The molecular weight excluding hydrogens is 488 g/mol. The smallest absolute Gasteiger partial charge is 0.185 e. The summed E-state index contributed by atoms with van der Waals surface area (Å²) in [6, 6.07) is 11.8. The van der Waals surface area contributed by atoms with Crippen LogP contribution >= 0.6 is 0 Å². The SMILES string of the molecule is CCC1C/C(=C\c2ccc(OCCC(C)C)c(OC)c2)C(=O)/C(=C/c2ccc(OCCC(C)C)c(OC)c2)C1. The largest absolute Gasteiger partial charge is 0.493 e. The van der Waals surface area contributed by atoms with E-state index in [1.165, 1.54) is 0 Å². The monoisotopic (exact) mass is 534 g/mol. The molecule has 39 heavy (non-hydrogen) atoms. The fourth-order valence-corrected chi connectivity index (χ4v) is 4.62. The first-order valence-corrected chi connectivity index (χ1v) is 14.3. The van der Waals surface area contributed by atoms with Crippen molar-refractivity contribution in [1.82, 2.24) is 0 Å². The van der Waals surface area contributed by atoms with Gasteiger partial charge < -0.3 is 18.9 Å². The van der Waals surface area contributed by atoms with Crippen LogP contribution in [0.15, 0.2) is 47.5 Å². The molecule has 1 fully saturated rings. The number of carbonyl (C=O) groups is 1. The second kappa shape index (κ2) is 14.8. The van der Waals surface area contributed by atoms with Crippen LogP contribution < -0.4 is 18.9 Å². The Labute approximate surface area is 235 Å². The standard InChI is InChI=1S/C34H46O5/c1-8-25-17-28(19-26-9-11-30(32(21-26)36-6)38-15-13-23(2)3)34(35)29(18-25)20-27-10-12-31(33(22-27)37-7)39-16-14-24(4)5/h9-12,19-25H,8,13-18H2,1-7H3/b28-19+,29-20+. The van der Waals surface area contributed by atoms with Crippen molar-refractivity contribution in [2.24, 2.45) is 17.8 Å². The predicted octanol–water partition coefficient (Wildman–Crippen LogP) is 8.41. The number of ether oxygens (including phenoxy) is 4. The molecule has 0 bridgehead atoms. The van der Waals surface area contributed by atoms with Crippen molar-refractivity contribution in [3.63, 3.8) is 0 Å². The molecule has 3 rings (SSSR count). The topological polar surface area (TPSA) is 54.0 Å². The Balaban J connectivity index is 1.83. The highest BCUT2D eigenvalue weighted by molar-refractivity contribution is 6.14. The van der Waals surface area contributed by atoms with Gasteiger partial charge in [0.1, 0.15) is 0 Å². The highest BCUT2D eigenvalue weighted by Gasteiger charge is 2.27. The summed E-state index contributed by atoms with van der Waals surface area (Å²) in [4.78, 5) is 13.6. The zero-order valence-electron chi connectivity index (χ0n) is 24.8. The van der Waals surface area contributed by atoms with Gasteiger partial charge in [0, 0.05) is 11.1 Å². The Morgan fingerprint density at radius 3 is 1.54 bits per heavy atom. The second-order valence-electron chi connectivity index (χ2n) is 11.2. The van der Waals surface area contributed by atoms with Crippen molar-refractivity contribution in [1.29, 1.82) is 0 Å². The minimum atomic E-state index is 0.104. The van der Waals surface area contributed by atoms with Crippen LogP contribution in [0, 0.1) is 17.8 Å². The van der Waals surface area contributed by atoms with E-state index >= 15 is 0 Å². The molecule has 0 spiro atoms. The third kappa shape index (κ3) is 8.91. The van der Waals surface area contributed by atoms with Crippen LogP contribution in [0.25, 0.3) is 12.2 Å². The van der Waals surface area contributed by atoms with E-state index in [0.29, 0.717) is 42.5 Å². The number of methoxy groups -OCH3 is 2. The first kappa shape index (κ1) is 30.3. The van der Waals surface area contributed by atoms with Gasteiger partial charge in [-0.05, 0) is 91.0 Å². The Kier molecular flexibility index (Phi) is 11.5. The van der Waals surface area contributed by atoms with E-state index in [1.807, 2.05) is 48.6 Å². The summed E-state index contributed by atoms with van der Waals surface area (Å²) in [6.45, 7) is 12.2. The van der Waals surface area contributed by atoms with Crippen LogP contribution in [0.1, 0.15) is 77.8 Å². The van der Waals surface area contributed by atoms with E-state index < -0.39 is 0 Å². The van der Waals surface area contributed by atoms with Crippen LogP contribution in [0.5, 0.6) is 23.0 Å². The zero-order chi connectivity index (χ0) is 28.4. The molecule has 0 saturated heterocycles. The number of hydrogen-bond donors (Lipinski definition) is 0. The summed E-state index contributed by atoms with van der Waals surface area (Å²) in [5.41, 5.74) is 3.53. The van der Waals surface area contributed by atoms with E-state index in [2.05, 4.69) is 34.6 Å². The molecule has 0 atom stereocenters. The van der Waals surface area contributed by atoms with Gasteiger partial charge in [0.05, 0.1) is 27.4 Å². The number of Topliss-reactive ketones (excluding diaryl/α,β-unsaturated/α-hetero) is 1. The van der Waals surface area contributed by atoms with Crippen molar-refractivity contribution < 1.29 is 23.7 Å². The molecule has 0 heterocycles. The normalized spacial score (nSPS) is 17.8. The van der Waals surface area contributed by atoms with E-state index in [1.54, 1.807) is 14.2 Å². The Hall–Kier alpha value is -3.21. The Bertz CT molecular complexity index is 1070. The van der Waals surface area contributed by atoms with Crippen LogP contribution in [0.4, 0.5) is 0 Å². The van der Waals surface area contributed by atoms with E-state index in [4.69, 9.17) is 18.9 Å². The highest BCUT2D eigenvalue weighted by Crippen LogP contribution is 2.37. The molecule has 0 aromatic heterocycles. The van der Waals surface area contributed by atoms with Crippen LogP contribution in [0.3, 0.4) is 0 Å². The second-order valence-corrected chi connectivity index (χ2v) is 11.2. The molecule has 2 aromatic carbocycles. The average molecular weight is 535 g/mol. The van der Waals surface area contributed by atoms with E-state index in [-0.39, 0.29) is 5.78 Å². The molecule has 0 radical (unpaired) electrons. The van der Waals surface area contributed by atoms with Gasteiger partial charge in [0.25, 0.3) is 0 Å². The summed E-state index contributed by atoms with van der Waals surface area (Å²) in [6.07, 6.45) is 8.53. The predicted molar refractivity (Wildman–Crippen MR) is 160 cm³/mol. The van der Waals surface area contributed by atoms with Gasteiger partial charge in [0.15, 0.2) is 28.8 Å². The van der Waals surface area contributed by atoms with Gasteiger partial charge in [-0.3, -0.25) is 4.79 Å². The fraction of sp³-hybridized carbons (Fsp3) is 0.500. The third-order valence-corrected chi connectivity index (χ3v) is 7.14. The number of rotatable bonds is 13. The Morgan fingerprint density at radius 2 is 1.18 bits per heavy atom. The van der Waals surface area contributed by atoms with Gasteiger partial charge in [-0.2, -0.15) is 0 Å². The van der Waals surface area contributed by atoms with Gasteiger partial charge >= 0.3 is 0 Å². The van der Waals surface area contributed by atoms with Crippen molar-refractivity contribution in [3.05, 3.63) is 58.7 Å². The molecule has 5 heteroatoms.